The average Bonchev–Trinajstić information content (AvgIpc) is 3.20. The highest BCUT2D eigenvalue weighted by Gasteiger charge is 2.33. The number of carbonyl (C=O) groups excluding carboxylic acids is 1. The third-order valence-corrected chi connectivity index (χ3v) is 7.43. The summed E-state index contributed by atoms with van der Waals surface area (Å²) in [5.41, 5.74) is 3.82. The lowest BCUT2D eigenvalue weighted by Gasteiger charge is -2.33. The maximum Gasteiger partial charge on any atom is 0.259 e. The van der Waals surface area contributed by atoms with Gasteiger partial charge in [0, 0.05) is 16.8 Å². The van der Waals surface area contributed by atoms with E-state index in [9.17, 15) is 4.79 Å². The number of benzene rings is 2. The van der Waals surface area contributed by atoms with E-state index in [2.05, 4.69) is 32.0 Å². The average molecular weight is 471 g/mol. The fourth-order valence-corrected chi connectivity index (χ4v) is 5.53. The molecule has 1 aliphatic carbocycles. The molecule has 0 fully saturated rings. The van der Waals surface area contributed by atoms with Crippen molar-refractivity contribution < 1.29 is 9.53 Å². The van der Waals surface area contributed by atoms with Gasteiger partial charge in [0.1, 0.15) is 17.4 Å². The van der Waals surface area contributed by atoms with Crippen molar-refractivity contribution >= 4 is 34.1 Å². The number of fused-ring (bicyclic) bond motifs is 1. The molecule has 0 spiro atoms. The van der Waals surface area contributed by atoms with Crippen molar-refractivity contribution in [3.05, 3.63) is 76.2 Å². The Bertz CT molecular complexity index is 1210. The van der Waals surface area contributed by atoms with Crippen LogP contribution in [-0.4, -0.2) is 18.7 Å². The summed E-state index contributed by atoms with van der Waals surface area (Å²) in [6.45, 7) is 7.14. The van der Waals surface area contributed by atoms with Gasteiger partial charge in [0.2, 0.25) is 0 Å². The molecule has 1 aromatic heterocycles. The summed E-state index contributed by atoms with van der Waals surface area (Å²) in [7, 11) is 0. The van der Waals surface area contributed by atoms with Crippen LogP contribution in [0.25, 0.3) is 0 Å². The Kier molecular flexibility index (Phi) is 7.19. The number of terminal acetylenes is 1. The van der Waals surface area contributed by atoms with E-state index in [-0.39, 0.29) is 17.9 Å². The van der Waals surface area contributed by atoms with Crippen molar-refractivity contribution in [2.24, 2.45) is 16.3 Å². The van der Waals surface area contributed by atoms with E-state index in [1.54, 1.807) is 11.3 Å². The Balaban J connectivity index is 1.64. The molecule has 5 heteroatoms. The largest absolute Gasteiger partial charge is 0.481 e. The minimum absolute atomic E-state index is 0.0944. The molecule has 0 saturated heterocycles. The number of aliphatic imine (C=N–C) groups is 1. The summed E-state index contributed by atoms with van der Waals surface area (Å²) in [5.74, 6) is 3.68. The van der Waals surface area contributed by atoms with Gasteiger partial charge in [-0.1, -0.05) is 44.9 Å². The Hall–Kier alpha value is -3.36. The summed E-state index contributed by atoms with van der Waals surface area (Å²) >= 11 is 1.65. The Morgan fingerprint density at radius 3 is 2.62 bits per heavy atom. The zero-order valence-corrected chi connectivity index (χ0v) is 20.7. The lowest BCUT2D eigenvalue weighted by atomic mass is 9.72. The summed E-state index contributed by atoms with van der Waals surface area (Å²) in [5, 5.41) is 3.83. The SMILES string of the molecule is C#CCOc1ccc(C=Nc2sc3c(c2C(=O)Nc2ccccc2)CC[C@H](C(C)(C)C)C3)cc1. The van der Waals surface area contributed by atoms with Crippen molar-refractivity contribution in [2.45, 2.75) is 40.0 Å². The first-order chi connectivity index (χ1) is 16.3. The van der Waals surface area contributed by atoms with Crippen LogP contribution in [0.15, 0.2) is 59.6 Å². The molecule has 1 amide bonds. The van der Waals surface area contributed by atoms with Crippen molar-refractivity contribution in [1.82, 2.24) is 0 Å². The summed E-state index contributed by atoms with van der Waals surface area (Å²) in [4.78, 5) is 19.5. The zero-order valence-electron chi connectivity index (χ0n) is 19.9. The molecule has 0 radical (unpaired) electrons. The standard InChI is InChI=1S/C29H30N2O2S/c1-5-17-33-23-14-11-20(12-15-23)19-30-28-26(27(32)31-22-9-7-6-8-10-22)24-16-13-21(29(2,3)4)18-25(24)34-28/h1,6-12,14-15,19,21H,13,16-18H2,2-4H3,(H,31,32)/t21-/m0/s1. The van der Waals surface area contributed by atoms with Gasteiger partial charge in [-0.3, -0.25) is 4.79 Å². The van der Waals surface area contributed by atoms with E-state index in [4.69, 9.17) is 16.2 Å². The third kappa shape index (κ3) is 5.58. The molecule has 0 unspecified atom stereocenters. The highest BCUT2D eigenvalue weighted by atomic mass is 32.1. The van der Waals surface area contributed by atoms with Crippen molar-refractivity contribution in [2.75, 3.05) is 11.9 Å². The van der Waals surface area contributed by atoms with Crippen LogP contribution in [-0.2, 0) is 12.8 Å². The zero-order chi connectivity index (χ0) is 24.1. The van der Waals surface area contributed by atoms with Gasteiger partial charge in [0.05, 0.1) is 5.56 Å². The quantitative estimate of drug-likeness (QED) is 0.314. The van der Waals surface area contributed by atoms with E-state index in [1.807, 2.05) is 60.8 Å². The van der Waals surface area contributed by atoms with E-state index in [0.717, 1.165) is 46.8 Å². The van der Waals surface area contributed by atoms with Crippen LogP contribution in [0.1, 0.15) is 53.6 Å². The van der Waals surface area contributed by atoms with Gasteiger partial charge < -0.3 is 10.1 Å². The number of nitrogens with zero attached hydrogens (tertiary/aromatic N) is 1. The molecule has 0 bridgehead atoms. The van der Waals surface area contributed by atoms with Crippen LogP contribution in [0.3, 0.4) is 0 Å². The molecule has 4 rings (SSSR count). The molecule has 174 valence electrons. The van der Waals surface area contributed by atoms with Gasteiger partial charge in [-0.15, -0.1) is 17.8 Å². The van der Waals surface area contributed by atoms with Crippen LogP contribution in [0.2, 0.25) is 0 Å². The Morgan fingerprint density at radius 2 is 1.94 bits per heavy atom. The number of anilines is 1. The molecule has 0 aliphatic heterocycles. The molecule has 4 nitrogen and oxygen atoms in total. The minimum Gasteiger partial charge on any atom is -0.481 e. The predicted octanol–water partition coefficient (Wildman–Crippen LogP) is 6.91. The number of ether oxygens (including phenoxy) is 1. The number of thiophene rings is 1. The monoisotopic (exact) mass is 470 g/mol. The molecular formula is C29H30N2O2S. The van der Waals surface area contributed by atoms with Crippen LogP contribution in [0.5, 0.6) is 5.75 Å². The number of nitrogens with one attached hydrogen (secondary N) is 1. The van der Waals surface area contributed by atoms with Gasteiger partial charge in [-0.25, -0.2) is 4.99 Å². The van der Waals surface area contributed by atoms with Crippen molar-refractivity contribution in [1.29, 1.82) is 0 Å². The number of rotatable bonds is 6. The maximum absolute atomic E-state index is 13.4. The molecule has 1 atom stereocenters. The number of amides is 1. The number of hydrogen-bond acceptors (Lipinski definition) is 4. The van der Waals surface area contributed by atoms with Gasteiger partial charge in [-0.2, -0.15) is 0 Å². The molecule has 1 N–H and O–H groups in total. The lowest BCUT2D eigenvalue weighted by molar-refractivity contribution is 0.102. The molecule has 34 heavy (non-hydrogen) atoms. The van der Waals surface area contributed by atoms with Gasteiger partial charge in [-0.05, 0) is 78.1 Å². The first kappa shape index (κ1) is 23.8. The second-order valence-electron chi connectivity index (χ2n) is 9.63. The summed E-state index contributed by atoms with van der Waals surface area (Å²) in [6, 6.07) is 17.2. The summed E-state index contributed by atoms with van der Waals surface area (Å²) in [6.07, 6.45) is 10.0. The van der Waals surface area contributed by atoms with Crippen LogP contribution < -0.4 is 10.1 Å². The molecule has 1 aliphatic rings. The third-order valence-electron chi connectivity index (χ3n) is 6.26. The topological polar surface area (TPSA) is 50.7 Å². The smallest absolute Gasteiger partial charge is 0.259 e. The van der Waals surface area contributed by atoms with E-state index >= 15 is 0 Å². The molecule has 0 saturated carbocycles. The normalized spacial score (nSPS) is 15.5. The predicted molar refractivity (Wildman–Crippen MR) is 142 cm³/mol. The molecule has 2 aromatic carbocycles. The molecular weight excluding hydrogens is 440 g/mol. The first-order valence-corrected chi connectivity index (χ1v) is 12.4. The second kappa shape index (κ2) is 10.3. The molecule has 1 heterocycles. The fraction of sp³-hybridized carbons (Fsp3) is 0.310. The van der Waals surface area contributed by atoms with Gasteiger partial charge in [0.25, 0.3) is 5.91 Å². The fourth-order valence-electron chi connectivity index (χ4n) is 4.26. The lowest BCUT2D eigenvalue weighted by Crippen LogP contribution is -2.27. The highest BCUT2D eigenvalue weighted by molar-refractivity contribution is 7.16. The Labute approximate surface area is 206 Å². The van der Waals surface area contributed by atoms with E-state index < -0.39 is 0 Å². The van der Waals surface area contributed by atoms with Crippen LogP contribution in [0, 0.1) is 23.7 Å². The first-order valence-electron chi connectivity index (χ1n) is 11.6. The van der Waals surface area contributed by atoms with Crippen LogP contribution in [0.4, 0.5) is 10.7 Å². The van der Waals surface area contributed by atoms with Crippen molar-refractivity contribution in [3.63, 3.8) is 0 Å². The highest BCUT2D eigenvalue weighted by Crippen LogP contribution is 2.45. The van der Waals surface area contributed by atoms with Gasteiger partial charge >= 0.3 is 0 Å². The minimum atomic E-state index is -0.0944. The number of carbonyl (C=O) groups is 1. The van der Waals surface area contributed by atoms with Crippen LogP contribution >= 0.6 is 11.3 Å². The second-order valence-corrected chi connectivity index (χ2v) is 10.7. The number of para-hydroxylation sites is 1. The van der Waals surface area contributed by atoms with Crippen molar-refractivity contribution in [3.8, 4) is 18.1 Å². The Morgan fingerprint density at radius 1 is 1.21 bits per heavy atom. The van der Waals surface area contributed by atoms with E-state index in [0.29, 0.717) is 11.5 Å². The maximum atomic E-state index is 13.4. The van der Waals surface area contributed by atoms with E-state index in [1.165, 1.54) is 4.88 Å². The molecule has 3 aromatic rings. The summed E-state index contributed by atoms with van der Waals surface area (Å²) < 4.78 is 5.44. The number of hydrogen-bond donors (Lipinski definition) is 1. The van der Waals surface area contributed by atoms with Gasteiger partial charge in [0.15, 0.2) is 0 Å².